The first-order valence-electron chi connectivity index (χ1n) is 10.5. The van der Waals surface area contributed by atoms with Gasteiger partial charge in [0.2, 0.25) is 0 Å². The van der Waals surface area contributed by atoms with Crippen LogP contribution in [0.1, 0.15) is 27.2 Å². The molecule has 0 spiro atoms. The van der Waals surface area contributed by atoms with Gasteiger partial charge in [-0.2, -0.15) is 0 Å². The fraction of sp³-hybridized carbons (Fsp3) is 0.148. The number of nitrogens with zero attached hydrogens (tertiary/aromatic N) is 1. The molecule has 34 heavy (non-hydrogen) atoms. The van der Waals surface area contributed by atoms with E-state index < -0.39 is 17.6 Å². The van der Waals surface area contributed by atoms with Crippen molar-refractivity contribution in [3.05, 3.63) is 106 Å². The van der Waals surface area contributed by atoms with E-state index in [9.17, 15) is 13.6 Å². The average molecular weight is 482 g/mol. The van der Waals surface area contributed by atoms with Crippen LogP contribution in [0.5, 0.6) is 5.75 Å². The molecule has 4 aromatic rings. The van der Waals surface area contributed by atoms with Gasteiger partial charge in [-0.25, -0.2) is 13.6 Å². The highest BCUT2D eigenvalue weighted by Crippen LogP contribution is 2.36. The number of rotatable bonds is 6. The lowest BCUT2D eigenvalue weighted by atomic mass is 10.1. The number of carbonyl (C=O) groups is 1. The van der Waals surface area contributed by atoms with E-state index in [0.717, 1.165) is 34.8 Å². The number of aromatic nitrogens is 1. The lowest BCUT2D eigenvalue weighted by molar-refractivity contribution is 0.0600. The van der Waals surface area contributed by atoms with E-state index in [-0.39, 0.29) is 6.61 Å². The first-order chi connectivity index (χ1) is 16.3. The molecule has 0 atom stereocenters. The van der Waals surface area contributed by atoms with Crippen LogP contribution in [0.2, 0.25) is 5.02 Å². The molecule has 0 saturated carbocycles. The van der Waals surface area contributed by atoms with Crippen molar-refractivity contribution < 1.29 is 23.0 Å². The third-order valence-electron chi connectivity index (χ3n) is 5.56. The lowest BCUT2D eigenvalue weighted by Crippen LogP contribution is -2.07. The van der Waals surface area contributed by atoms with Gasteiger partial charge in [0.25, 0.3) is 0 Å². The Kier molecular flexibility index (Phi) is 6.70. The van der Waals surface area contributed by atoms with E-state index in [4.69, 9.17) is 21.1 Å². The molecular formula is C27H22ClF2NO3. The highest BCUT2D eigenvalue weighted by atomic mass is 35.5. The summed E-state index contributed by atoms with van der Waals surface area (Å²) in [7, 11) is 1.35. The second-order valence-electron chi connectivity index (χ2n) is 7.86. The van der Waals surface area contributed by atoms with Crippen LogP contribution < -0.4 is 4.74 Å². The first kappa shape index (κ1) is 23.5. The number of hydrogen-bond donors (Lipinski definition) is 0. The second-order valence-corrected chi connectivity index (χ2v) is 8.30. The molecule has 0 saturated heterocycles. The van der Waals surface area contributed by atoms with E-state index >= 15 is 0 Å². The van der Waals surface area contributed by atoms with Gasteiger partial charge in [0.15, 0.2) is 11.6 Å². The van der Waals surface area contributed by atoms with Gasteiger partial charge in [-0.3, -0.25) is 0 Å². The molecule has 0 unspecified atom stereocenters. The van der Waals surface area contributed by atoms with E-state index in [1.54, 1.807) is 24.3 Å². The van der Waals surface area contributed by atoms with Gasteiger partial charge in [0.1, 0.15) is 12.4 Å². The maximum atomic E-state index is 13.6. The second kappa shape index (κ2) is 9.69. The normalized spacial score (nSPS) is 10.9. The van der Waals surface area contributed by atoms with E-state index in [2.05, 4.69) is 0 Å². The summed E-state index contributed by atoms with van der Waals surface area (Å²) in [6.45, 7) is 3.84. The fourth-order valence-electron chi connectivity index (χ4n) is 3.79. The monoisotopic (exact) mass is 481 g/mol. The van der Waals surface area contributed by atoms with E-state index in [1.165, 1.54) is 13.2 Å². The van der Waals surface area contributed by atoms with Crippen molar-refractivity contribution in [2.45, 2.75) is 20.5 Å². The Morgan fingerprint density at radius 1 is 0.941 bits per heavy atom. The highest BCUT2D eigenvalue weighted by Gasteiger charge is 2.17. The number of ether oxygens (including phenoxy) is 2. The molecule has 0 radical (unpaired) electrons. The number of methoxy groups -OCH3 is 1. The molecule has 0 aliphatic rings. The van der Waals surface area contributed by atoms with Crippen LogP contribution >= 0.6 is 11.6 Å². The van der Waals surface area contributed by atoms with Crippen LogP contribution in [-0.4, -0.2) is 17.6 Å². The Morgan fingerprint density at radius 3 is 2.47 bits per heavy atom. The van der Waals surface area contributed by atoms with Crippen molar-refractivity contribution in [2.75, 3.05) is 7.11 Å². The van der Waals surface area contributed by atoms with Gasteiger partial charge in [-0.15, -0.1) is 0 Å². The zero-order chi connectivity index (χ0) is 24.4. The third-order valence-corrected chi connectivity index (χ3v) is 5.79. The summed E-state index contributed by atoms with van der Waals surface area (Å²) in [5, 5.41) is 0.514. The zero-order valence-electron chi connectivity index (χ0n) is 18.9. The number of halogens is 3. The van der Waals surface area contributed by atoms with Gasteiger partial charge in [0, 0.05) is 22.0 Å². The molecule has 7 heteroatoms. The standard InChI is InChI=1S/C27H22ClF2NO3/c1-16-4-8-20(14-21(16)27(32)33-3)31-17(2)5-10-25(31)22-13-19(28)7-11-26(22)34-15-18-6-9-23(29)24(30)12-18/h4-14H,15H2,1-3H3. The van der Waals surface area contributed by atoms with Crippen molar-refractivity contribution in [2.24, 2.45) is 0 Å². The molecule has 1 aromatic heterocycles. The maximum absolute atomic E-state index is 13.6. The number of benzene rings is 3. The fourth-order valence-corrected chi connectivity index (χ4v) is 3.96. The van der Waals surface area contributed by atoms with Crippen LogP contribution in [0.15, 0.2) is 66.7 Å². The van der Waals surface area contributed by atoms with Crippen molar-refractivity contribution in [1.29, 1.82) is 0 Å². The first-order valence-corrected chi connectivity index (χ1v) is 10.9. The summed E-state index contributed by atoms with van der Waals surface area (Å²) in [4.78, 5) is 12.2. The van der Waals surface area contributed by atoms with Crippen LogP contribution in [0, 0.1) is 25.5 Å². The molecular weight excluding hydrogens is 460 g/mol. The Bertz CT molecular complexity index is 1380. The molecule has 1 heterocycles. The molecule has 4 nitrogen and oxygen atoms in total. The van der Waals surface area contributed by atoms with Crippen LogP contribution in [0.3, 0.4) is 0 Å². The van der Waals surface area contributed by atoms with Crippen molar-refractivity contribution in [3.63, 3.8) is 0 Å². The Morgan fingerprint density at radius 2 is 1.74 bits per heavy atom. The van der Waals surface area contributed by atoms with Crippen LogP contribution in [0.25, 0.3) is 16.9 Å². The summed E-state index contributed by atoms with van der Waals surface area (Å²) in [5.74, 6) is -1.73. The molecule has 0 fully saturated rings. The number of aryl methyl sites for hydroxylation is 2. The summed E-state index contributed by atoms with van der Waals surface area (Å²) in [5.41, 5.74) is 4.98. The molecule has 4 rings (SSSR count). The zero-order valence-corrected chi connectivity index (χ0v) is 19.6. The van der Waals surface area contributed by atoms with Crippen molar-refractivity contribution in [1.82, 2.24) is 4.57 Å². The minimum Gasteiger partial charge on any atom is -0.488 e. The van der Waals surface area contributed by atoms with Crippen LogP contribution in [0.4, 0.5) is 8.78 Å². The van der Waals surface area contributed by atoms with E-state index in [1.807, 2.05) is 42.7 Å². The molecule has 3 aromatic carbocycles. The molecule has 0 aliphatic heterocycles. The number of carbonyl (C=O) groups excluding carboxylic acids is 1. The van der Waals surface area contributed by atoms with Crippen molar-refractivity contribution >= 4 is 17.6 Å². The molecule has 174 valence electrons. The highest BCUT2D eigenvalue weighted by molar-refractivity contribution is 6.31. The van der Waals surface area contributed by atoms with Gasteiger partial charge in [-0.1, -0.05) is 23.7 Å². The predicted molar refractivity (Wildman–Crippen MR) is 128 cm³/mol. The lowest BCUT2D eigenvalue weighted by Gasteiger charge is -2.17. The smallest absolute Gasteiger partial charge is 0.338 e. The maximum Gasteiger partial charge on any atom is 0.338 e. The third kappa shape index (κ3) is 4.68. The summed E-state index contributed by atoms with van der Waals surface area (Å²) in [6.07, 6.45) is 0. The molecule has 0 N–H and O–H groups in total. The van der Waals surface area contributed by atoms with Gasteiger partial charge < -0.3 is 14.0 Å². The summed E-state index contributed by atoms with van der Waals surface area (Å²) >= 11 is 6.32. The van der Waals surface area contributed by atoms with Gasteiger partial charge in [0.05, 0.1) is 18.4 Å². The SMILES string of the molecule is COC(=O)c1cc(-n2c(C)ccc2-c2cc(Cl)ccc2OCc2ccc(F)c(F)c2)ccc1C. The van der Waals surface area contributed by atoms with Gasteiger partial charge in [-0.05, 0) is 79.6 Å². The molecule has 0 amide bonds. The largest absolute Gasteiger partial charge is 0.488 e. The Hall–Kier alpha value is -3.64. The molecule has 0 bridgehead atoms. The minimum absolute atomic E-state index is 0.0442. The van der Waals surface area contributed by atoms with E-state index in [0.29, 0.717) is 27.5 Å². The van der Waals surface area contributed by atoms with Crippen molar-refractivity contribution in [3.8, 4) is 22.7 Å². The quantitative estimate of drug-likeness (QED) is 0.277. The Labute approximate surface area is 201 Å². The molecule has 0 aliphatic carbocycles. The minimum atomic E-state index is -0.928. The average Bonchev–Trinajstić information content (AvgIpc) is 3.21. The number of hydrogen-bond acceptors (Lipinski definition) is 3. The summed E-state index contributed by atoms with van der Waals surface area (Å²) < 4.78 is 39.8. The van der Waals surface area contributed by atoms with Crippen LogP contribution in [-0.2, 0) is 11.3 Å². The topological polar surface area (TPSA) is 40.5 Å². The number of esters is 1. The summed E-state index contributed by atoms with van der Waals surface area (Å²) in [6, 6.07) is 18.3. The Balaban J connectivity index is 1.76. The predicted octanol–water partition coefficient (Wildman–Crippen LogP) is 7.06. The van der Waals surface area contributed by atoms with Gasteiger partial charge >= 0.3 is 5.97 Å².